The van der Waals surface area contributed by atoms with E-state index in [4.69, 9.17) is 10.5 Å². The molecule has 1 saturated heterocycles. The van der Waals surface area contributed by atoms with Crippen LogP contribution in [0.1, 0.15) is 43.0 Å². The fourth-order valence-electron chi connectivity index (χ4n) is 2.53. The number of amides is 1. The zero-order chi connectivity index (χ0) is 16.1. The van der Waals surface area contributed by atoms with Crippen LogP contribution < -0.4 is 5.73 Å². The van der Waals surface area contributed by atoms with Crippen LogP contribution in [-0.4, -0.2) is 36.0 Å². The summed E-state index contributed by atoms with van der Waals surface area (Å²) in [5.74, 6) is -0.675. The minimum atomic E-state index is -0.789. The van der Waals surface area contributed by atoms with E-state index in [1.165, 1.54) is 0 Å². The van der Waals surface area contributed by atoms with Crippen molar-refractivity contribution < 1.29 is 14.3 Å². The van der Waals surface area contributed by atoms with E-state index in [9.17, 15) is 9.59 Å². The minimum absolute atomic E-state index is 0.126. The number of carbonyl (C=O) groups is 2. The third-order valence-electron chi connectivity index (χ3n) is 3.78. The first-order valence-electron chi connectivity index (χ1n) is 7.54. The quantitative estimate of drug-likeness (QED) is 0.467. The van der Waals surface area contributed by atoms with Gasteiger partial charge in [-0.2, -0.15) is 0 Å². The first kappa shape index (κ1) is 17.1. The van der Waals surface area contributed by atoms with Gasteiger partial charge in [0.1, 0.15) is 0 Å². The standard InChI is InChI=1S/C16H21IN2O3/c1-11(15(20)19-8-4-2-3-5-9-19)22-16(21)13-10-12(17)6-7-14(13)18/h6-7,10-11H,2-5,8-9,18H2,1H3/t11-/m1/s1. The lowest BCUT2D eigenvalue weighted by molar-refractivity contribution is -0.139. The molecule has 0 spiro atoms. The van der Waals surface area contributed by atoms with E-state index < -0.39 is 12.1 Å². The molecule has 5 nitrogen and oxygen atoms in total. The molecule has 6 heteroatoms. The zero-order valence-electron chi connectivity index (χ0n) is 12.7. The Labute approximate surface area is 144 Å². The average Bonchev–Trinajstić information content (AvgIpc) is 2.77. The Bertz CT molecular complexity index is 554. The van der Waals surface area contributed by atoms with Crippen LogP contribution >= 0.6 is 22.6 Å². The summed E-state index contributed by atoms with van der Waals surface area (Å²) in [6, 6.07) is 5.15. The van der Waals surface area contributed by atoms with Gasteiger partial charge in [-0.3, -0.25) is 4.79 Å². The number of nitrogens with zero attached hydrogens (tertiary/aromatic N) is 1. The van der Waals surface area contributed by atoms with Crippen molar-refractivity contribution in [1.29, 1.82) is 0 Å². The van der Waals surface area contributed by atoms with Gasteiger partial charge in [0.25, 0.3) is 5.91 Å². The summed E-state index contributed by atoms with van der Waals surface area (Å²) in [6.45, 7) is 3.10. The Morgan fingerprint density at radius 1 is 1.23 bits per heavy atom. The molecule has 0 unspecified atom stereocenters. The highest BCUT2D eigenvalue weighted by molar-refractivity contribution is 14.1. The molecule has 1 aliphatic heterocycles. The summed E-state index contributed by atoms with van der Waals surface area (Å²) in [4.78, 5) is 26.4. The Morgan fingerprint density at radius 2 is 1.86 bits per heavy atom. The second-order valence-corrected chi connectivity index (χ2v) is 6.76. The first-order valence-corrected chi connectivity index (χ1v) is 8.61. The van der Waals surface area contributed by atoms with Gasteiger partial charge in [-0.1, -0.05) is 12.8 Å². The molecule has 2 N–H and O–H groups in total. The summed E-state index contributed by atoms with van der Waals surface area (Å²) in [6.07, 6.45) is 3.53. The van der Waals surface area contributed by atoms with Crippen LogP contribution in [0, 0.1) is 3.57 Å². The SMILES string of the molecule is C[C@@H](OC(=O)c1cc(I)ccc1N)C(=O)N1CCCCCC1. The van der Waals surface area contributed by atoms with Crippen molar-refractivity contribution >= 4 is 40.2 Å². The highest BCUT2D eigenvalue weighted by atomic mass is 127. The number of hydrogen-bond acceptors (Lipinski definition) is 4. The van der Waals surface area contributed by atoms with Gasteiger partial charge in [0, 0.05) is 22.3 Å². The van der Waals surface area contributed by atoms with Crippen molar-refractivity contribution in [3.8, 4) is 0 Å². The van der Waals surface area contributed by atoms with Crippen molar-refractivity contribution in [2.45, 2.75) is 38.7 Å². The Kier molecular flexibility index (Phi) is 6.05. The number of benzene rings is 1. The maximum absolute atomic E-state index is 12.4. The lowest BCUT2D eigenvalue weighted by Crippen LogP contribution is -2.40. The van der Waals surface area contributed by atoms with E-state index in [1.807, 2.05) is 6.07 Å². The third-order valence-corrected chi connectivity index (χ3v) is 4.46. The van der Waals surface area contributed by atoms with Crippen molar-refractivity contribution in [3.05, 3.63) is 27.3 Å². The van der Waals surface area contributed by atoms with E-state index >= 15 is 0 Å². The van der Waals surface area contributed by atoms with E-state index in [-0.39, 0.29) is 5.91 Å². The number of ether oxygens (including phenoxy) is 1. The zero-order valence-corrected chi connectivity index (χ0v) is 14.8. The molecular weight excluding hydrogens is 395 g/mol. The van der Waals surface area contributed by atoms with Crippen molar-refractivity contribution in [1.82, 2.24) is 4.90 Å². The van der Waals surface area contributed by atoms with Crippen LogP contribution in [0.5, 0.6) is 0 Å². The predicted octanol–water partition coefficient (Wildman–Crippen LogP) is 2.82. The summed E-state index contributed by atoms with van der Waals surface area (Å²) in [5, 5.41) is 0. The lowest BCUT2D eigenvalue weighted by Gasteiger charge is -2.24. The molecule has 1 aromatic carbocycles. The Hall–Kier alpha value is -1.31. The first-order chi connectivity index (χ1) is 10.5. The van der Waals surface area contributed by atoms with Crippen molar-refractivity contribution in [2.24, 2.45) is 0 Å². The smallest absolute Gasteiger partial charge is 0.341 e. The fraction of sp³-hybridized carbons (Fsp3) is 0.500. The summed E-state index contributed by atoms with van der Waals surface area (Å²) < 4.78 is 6.21. The minimum Gasteiger partial charge on any atom is -0.449 e. The Balaban J connectivity index is 2.01. The maximum atomic E-state index is 12.4. The van der Waals surface area contributed by atoms with Gasteiger partial charge < -0.3 is 15.4 Å². The Morgan fingerprint density at radius 3 is 2.50 bits per heavy atom. The van der Waals surface area contributed by atoms with Gasteiger partial charge in [0.05, 0.1) is 5.56 Å². The van der Waals surface area contributed by atoms with Crippen LogP contribution in [0.4, 0.5) is 5.69 Å². The largest absolute Gasteiger partial charge is 0.449 e. The number of anilines is 1. The molecule has 1 atom stereocenters. The topological polar surface area (TPSA) is 72.6 Å². The van der Waals surface area contributed by atoms with Crippen molar-refractivity contribution in [2.75, 3.05) is 18.8 Å². The highest BCUT2D eigenvalue weighted by Gasteiger charge is 2.25. The van der Waals surface area contributed by atoms with Gasteiger partial charge in [0.15, 0.2) is 6.10 Å². The van der Waals surface area contributed by atoms with E-state index in [0.717, 1.165) is 42.3 Å². The third kappa shape index (κ3) is 4.34. The molecule has 0 radical (unpaired) electrons. The normalized spacial score (nSPS) is 16.7. The number of likely N-dealkylation sites (tertiary alicyclic amines) is 1. The molecule has 2 rings (SSSR count). The number of halogens is 1. The number of rotatable bonds is 3. The molecule has 22 heavy (non-hydrogen) atoms. The number of nitrogen functional groups attached to an aromatic ring is 1. The van der Waals surface area contributed by atoms with Gasteiger partial charge in [-0.05, 0) is 60.6 Å². The summed E-state index contributed by atoms with van der Waals surface area (Å²) in [5.41, 5.74) is 6.47. The van der Waals surface area contributed by atoms with Crippen LogP contribution in [-0.2, 0) is 9.53 Å². The lowest BCUT2D eigenvalue weighted by atomic mass is 10.2. The number of esters is 1. The fourth-order valence-corrected chi connectivity index (χ4v) is 3.02. The molecule has 1 aliphatic rings. The van der Waals surface area contributed by atoms with E-state index in [2.05, 4.69) is 22.6 Å². The van der Waals surface area contributed by atoms with Crippen LogP contribution in [0.25, 0.3) is 0 Å². The molecule has 0 aliphatic carbocycles. The monoisotopic (exact) mass is 416 g/mol. The van der Waals surface area contributed by atoms with Gasteiger partial charge in [-0.25, -0.2) is 4.79 Å². The molecular formula is C16H21IN2O3. The number of hydrogen-bond donors (Lipinski definition) is 1. The number of nitrogens with two attached hydrogens (primary N) is 1. The molecule has 120 valence electrons. The van der Waals surface area contributed by atoms with Crippen LogP contribution in [0.3, 0.4) is 0 Å². The number of carbonyl (C=O) groups excluding carboxylic acids is 2. The molecule has 1 heterocycles. The van der Waals surface area contributed by atoms with Crippen LogP contribution in [0.2, 0.25) is 0 Å². The van der Waals surface area contributed by atoms with Gasteiger partial charge >= 0.3 is 5.97 Å². The van der Waals surface area contributed by atoms with Crippen LogP contribution in [0.15, 0.2) is 18.2 Å². The predicted molar refractivity (Wildman–Crippen MR) is 93.5 cm³/mol. The summed E-state index contributed by atoms with van der Waals surface area (Å²) >= 11 is 2.10. The van der Waals surface area contributed by atoms with E-state index in [0.29, 0.717) is 11.3 Å². The molecule has 0 saturated carbocycles. The summed E-state index contributed by atoms with van der Waals surface area (Å²) in [7, 11) is 0. The molecule has 0 aromatic heterocycles. The molecule has 1 amide bonds. The average molecular weight is 416 g/mol. The van der Waals surface area contributed by atoms with Crippen molar-refractivity contribution in [3.63, 3.8) is 0 Å². The molecule has 0 bridgehead atoms. The van der Waals surface area contributed by atoms with Gasteiger partial charge in [-0.15, -0.1) is 0 Å². The highest BCUT2D eigenvalue weighted by Crippen LogP contribution is 2.18. The van der Waals surface area contributed by atoms with Gasteiger partial charge in [0.2, 0.25) is 0 Å². The maximum Gasteiger partial charge on any atom is 0.341 e. The second-order valence-electron chi connectivity index (χ2n) is 5.52. The molecule has 1 fully saturated rings. The second kappa shape index (κ2) is 7.80. The van der Waals surface area contributed by atoms with E-state index in [1.54, 1.807) is 24.0 Å². The molecule has 1 aromatic rings.